The summed E-state index contributed by atoms with van der Waals surface area (Å²) in [6.07, 6.45) is 0.838. The summed E-state index contributed by atoms with van der Waals surface area (Å²) in [4.78, 5) is 3.85. The maximum Gasteiger partial charge on any atom is 0.168 e. The summed E-state index contributed by atoms with van der Waals surface area (Å²) >= 11 is 0. The Morgan fingerprint density at radius 1 is 1.18 bits per heavy atom. The highest BCUT2D eigenvalue weighted by Crippen LogP contribution is 2.18. The Balaban J connectivity index is 2.74. The van der Waals surface area contributed by atoms with Crippen molar-refractivity contribution in [3.63, 3.8) is 0 Å². The van der Waals surface area contributed by atoms with Crippen LogP contribution in [-0.4, -0.2) is 31.8 Å². The molecular weight excluding hydrogens is 228 g/mol. The Hall–Kier alpha value is -1.43. The molecule has 96 valence electrons. The summed E-state index contributed by atoms with van der Waals surface area (Å²) in [5.41, 5.74) is 0. The van der Waals surface area contributed by atoms with Gasteiger partial charge in [-0.2, -0.15) is 0 Å². The molecule has 4 nitrogen and oxygen atoms in total. The molecule has 0 aliphatic carbocycles. The quantitative estimate of drug-likeness (QED) is 0.723. The molecule has 0 aliphatic rings. The summed E-state index contributed by atoms with van der Waals surface area (Å²) < 4.78 is 31.5. The summed E-state index contributed by atoms with van der Waals surface area (Å²) in [5, 5.41) is 5.54. The molecule has 0 saturated carbocycles. The van der Waals surface area contributed by atoms with E-state index >= 15 is 0 Å². The predicted molar refractivity (Wildman–Crippen MR) is 63.3 cm³/mol. The van der Waals surface area contributed by atoms with Crippen molar-refractivity contribution in [1.82, 2.24) is 4.98 Å². The molecule has 0 atom stereocenters. The van der Waals surface area contributed by atoms with Crippen LogP contribution in [0.1, 0.15) is 13.3 Å². The van der Waals surface area contributed by atoms with Crippen molar-refractivity contribution in [3.05, 3.63) is 17.7 Å². The molecular formula is C11H17F2N3O. The van der Waals surface area contributed by atoms with Crippen molar-refractivity contribution < 1.29 is 13.5 Å². The first-order valence-corrected chi connectivity index (χ1v) is 5.51. The molecule has 1 aromatic rings. The fourth-order valence-corrected chi connectivity index (χ4v) is 1.23. The van der Waals surface area contributed by atoms with Gasteiger partial charge in [0, 0.05) is 26.3 Å². The zero-order valence-electron chi connectivity index (χ0n) is 10.0. The van der Waals surface area contributed by atoms with Gasteiger partial charge in [0.15, 0.2) is 23.3 Å². The van der Waals surface area contributed by atoms with E-state index in [2.05, 4.69) is 15.6 Å². The Morgan fingerprint density at radius 3 is 2.29 bits per heavy atom. The molecule has 0 aliphatic heterocycles. The Kier molecular flexibility index (Phi) is 5.62. The number of hydrogen-bond acceptors (Lipinski definition) is 4. The standard InChI is InChI=1S/C11H17F2N3O/c1-3-4-14-10-8(12)7-9(13)11(16-10)15-5-6-17-2/h7H,3-6H2,1-2H3,(H2,14,15,16). The predicted octanol–water partition coefficient (Wildman–Crippen LogP) is 2.24. The van der Waals surface area contributed by atoms with Crippen molar-refractivity contribution in [2.45, 2.75) is 13.3 Å². The SMILES string of the molecule is CCCNc1nc(NCCOC)c(F)cc1F. The number of anilines is 2. The smallest absolute Gasteiger partial charge is 0.168 e. The number of halogens is 2. The van der Waals surface area contributed by atoms with Crippen LogP contribution in [-0.2, 0) is 4.74 Å². The van der Waals surface area contributed by atoms with E-state index in [1.807, 2.05) is 6.92 Å². The van der Waals surface area contributed by atoms with Gasteiger partial charge in [-0.15, -0.1) is 0 Å². The second kappa shape index (κ2) is 7.01. The van der Waals surface area contributed by atoms with Gasteiger partial charge in [-0.3, -0.25) is 0 Å². The van der Waals surface area contributed by atoms with Gasteiger partial charge in [0.25, 0.3) is 0 Å². The molecule has 1 rings (SSSR count). The molecule has 1 aromatic heterocycles. The van der Waals surface area contributed by atoms with Crippen molar-refractivity contribution in [3.8, 4) is 0 Å². The highest BCUT2D eigenvalue weighted by atomic mass is 19.1. The van der Waals surface area contributed by atoms with Gasteiger partial charge in [0.2, 0.25) is 0 Å². The molecule has 0 saturated heterocycles. The van der Waals surface area contributed by atoms with Gasteiger partial charge >= 0.3 is 0 Å². The molecule has 0 spiro atoms. The third-order valence-corrected chi connectivity index (χ3v) is 2.07. The monoisotopic (exact) mass is 245 g/mol. The summed E-state index contributed by atoms with van der Waals surface area (Å²) in [6.45, 7) is 3.38. The lowest BCUT2D eigenvalue weighted by Crippen LogP contribution is -2.13. The molecule has 0 amide bonds. The van der Waals surface area contributed by atoms with Crippen LogP contribution in [0.15, 0.2) is 6.07 Å². The molecule has 6 heteroatoms. The maximum atomic E-state index is 13.3. The average Bonchev–Trinajstić information content (AvgIpc) is 2.31. The summed E-state index contributed by atoms with van der Waals surface area (Å²) in [6, 6.07) is 0.820. The molecule has 0 radical (unpaired) electrons. The topological polar surface area (TPSA) is 46.2 Å². The zero-order chi connectivity index (χ0) is 12.7. The highest BCUT2D eigenvalue weighted by Gasteiger charge is 2.10. The number of aromatic nitrogens is 1. The normalized spacial score (nSPS) is 10.4. The second-order valence-corrected chi connectivity index (χ2v) is 3.50. The van der Waals surface area contributed by atoms with Crippen LogP contribution >= 0.6 is 0 Å². The third kappa shape index (κ3) is 4.14. The van der Waals surface area contributed by atoms with Crippen molar-refractivity contribution >= 4 is 11.6 Å². The van der Waals surface area contributed by atoms with E-state index in [-0.39, 0.29) is 11.6 Å². The molecule has 0 bridgehead atoms. The van der Waals surface area contributed by atoms with Crippen LogP contribution in [0, 0.1) is 11.6 Å². The molecule has 0 fully saturated rings. The number of nitrogens with one attached hydrogen (secondary N) is 2. The van der Waals surface area contributed by atoms with Crippen LogP contribution in [0.25, 0.3) is 0 Å². The zero-order valence-corrected chi connectivity index (χ0v) is 10.0. The van der Waals surface area contributed by atoms with E-state index < -0.39 is 11.6 Å². The average molecular weight is 245 g/mol. The number of nitrogens with zero attached hydrogens (tertiary/aromatic N) is 1. The molecule has 0 aromatic carbocycles. The van der Waals surface area contributed by atoms with E-state index in [0.29, 0.717) is 19.7 Å². The molecule has 2 N–H and O–H groups in total. The van der Waals surface area contributed by atoms with Crippen molar-refractivity contribution in [2.24, 2.45) is 0 Å². The molecule has 0 unspecified atom stereocenters. The van der Waals surface area contributed by atoms with Gasteiger partial charge in [-0.05, 0) is 6.42 Å². The number of methoxy groups -OCH3 is 1. The van der Waals surface area contributed by atoms with Crippen molar-refractivity contribution in [1.29, 1.82) is 0 Å². The van der Waals surface area contributed by atoms with Crippen LogP contribution < -0.4 is 10.6 Å². The summed E-state index contributed by atoms with van der Waals surface area (Å²) in [7, 11) is 1.55. The number of rotatable bonds is 7. The second-order valence-electron chi connectivity index (χ2n) is 3.50. The fraction of sp³-hybridized carbons (Fsp3) is 0.545. The Bertz CT molecular complexity index is 361. The van der Waals surface area contributed by atoms with Gasteiger partial charge in [-0.1, -0.05) is 6.92 Å². The van der Waals surface area contributed by atoms with Crippen LogP contribution in [0.2, 0.25) is 0 Å². The Morgan fingerprint density at radius 2 is 1.76 bits per heavy atom. The lowest BCUT2D eigenvalue weighted by molar-refractivity contribution is 0.210. The van der Waals surface area contributed by atoms with E-state index in [9.17, 15) is 8.78 Å². The maximum absolute atomic E-state index is 13.3. The number of hydrogen-bond donors (Lipinski definition) is 2. The van der Waals surface area contributed by atoms with Gasteiger partial charge in [0.1, 0.15) is 0 Å². The minimum atomic E-state index is -0.708. The lowest BCUT2D eigenvalue weighted by atomic mass is 10.3. The minimum absolute atomic E-state index is 0.0297. The largest absolute Gasteiger partial charge is 0.383 e. The molecule has 17 heavy (non-hydrogen) atoms. The van der Waals surface area contributed by atoms with E-state index in [0.717, 1.165) is 12.5 Å². The third-order valence-electron chi connectivity index (χ3n) is 2.07. The van der Waals surface area contributed by atoms with Gasteiger partial charge in [0.05, 0.1) is 6.61 Å². The van der Waals surface area contributed by atoms with Crippen LogP contribution in [0.5, 0.6) is 0 Å². The fourth-order valence-electron chi connectivity index (χ4n) is 1.23. The van der Waals surface area contributed by atoms with E-state index in [1.54, 1.807) is 7.11 Å². The van der Waals surface area contributed by atoms with E-state index in [4.69, 9.17) is 4.74 Å². The van der Waals surface area contributed by atoms with E-state index in [1.165, 1.54) is 0 Å². The number of ether oxygens (including phenoxy) is 1. The first kappa shape index (κ1) is 13.6. The van der Waals surface area contributed by atoms with Crippen LogP contribution in [0.4, 0.5) is 20.4 Å². The lowest BCUT2D eigenvalue weighted by Gasteiger charge is -2.10. The van der Waals surface area contributed by atoms with Gasteiger partial charge in [-0.25, -0.2) is 13.8 Å². The van der Waals surface area contributed by atoms with Crippen LogP contribution in [0.3, 0.4) is 0 Å². The minimum Gasteiger partial charge on any atom is -0.383 e. The van der Waals surface area contributed by atoms with Gasteiger partial charge < -0.3 is 15.4 Å². The molecule has 1 heterocycles. The first-order chi connectivity index (χ1) is 8.19. The number of pyridine rings is 1. The highest BCUT2D eigenvalue weighted by molar-refractivity contribution is 5.47. The van der Waals surface area contributed by atoms with Crippen molar-refractivity contribution in [2.75, 3.05) is 37.4 Å². The summed E-state index contributed by atoms with van der Waals surface area (Å²) in [5.74, 6) is -1.30. The first-order valence-electron chi connectivity index (χ1n) is 5.51. The Labute approximate surface area is 99.4 Å².